The van der Waals surface area contributed by atoms with Crippen LogP contribution >= 0.6 is 0 Å². The molecule has 1 heterocycles. The summed E-state index contributed by atoms with van der Waals surface area (Å²) in [6.07, 6.45) is 8.81. The van der Waals surface area contributed by atoms with Crippen LogP contribution in [0.5, 0.6) is 0 Å². The van der Waals surface area contributed by atoms with Gasteiger partial charge in [0.2, 0.25) is 0 Å². The summed E-state index contributed by atoms with van der Waals surface area (Å²) >= 11 is 0. The van der Waals surface area contributed by atoms with Crippen molar-refractivity contribution in [1.82, 2.24) is 4.90 Å². The summed E-state index contributed by atoms with van der Waals surface area (Å²) in [6, 6.07) is 11.0. The first-order valence-electron chi connectivity index (χ1n) is 7.86. The minimum Gasteiger partial charge on any atom is -0.375 e. The molecule has 0 aromatic heterocycles. The number of likely N-dealkylation sites (tertiary alicyclic amines) is 1. The summed E-state index contributed by atoms with van der Waals surface area (Å²) in [5.41, 5.74) is 3.06. The van der Waals surface area contributed by atoms with Crippen molar-refractivity contribution < 1.29 is 0 Å². The second-order valence-electron chi connectivity index (χ2n) is 5.48. The predicted molar refractivity (Wildman–Crippen MR) is 83.3 cm³/mol. The molecule has 0 spiro atoms. The first-order chi connectivity index (χ1) is 9.36. The van der Waals surface area contributed by atoms with E-state index in [0.29, 0.717) is 5.92 Å². The molecule has 104 valence electrons. The van der Waals surface area contributed by atoms with E-state index in [1.54, 1.807) is 5.70 Å². The van der Waals surface area contributed by atoms with Gasteiger partial charge in [-0.1, -0.05) is 56.7 Å². The smallest absolute Gasteiger partial charge is 0.0236 e. The van der Waals surface area contributed by atoms with Crippen molar-refractivity contribution in [3.05, 3.63) is 47.7 Å². The minimum absolute atomic E-state index is 0.587. The molecule has 0 bridgehead atoms. The standard InChI is InChI=1S/C18H27N/c1-3-10-17(16-12-6-5-7-13-16)18(11-4-2)19-14-8-9-15-19/h5-7,11-13,17H,3-4,8-10,14-15H2,1-2H3/b18-11+. The summed E-state index contributed by atoms with van der Waals surface area (Å²) in [4.78, 5) is 2.62. The van der Waals surface area contributed by atoms with E-state index in [2.05, 4.69) is 55.2 Å². The fourth-order valence-electron chi connectivity index (χ4n) is 3.14. The van der Waals surface area contributed by atoms with Crippen LogP contribution in [0.3, 0.4) is 0 Å². The molecule has 1 saturated heterocycles. The van der Waals surface area contributed by atoms with Crippen molar-refractivity contribution in [3.63, 3.8) is 0 Å². The highest BCUT2D eigenvalue weighted by Gasteiger charge is 2.22. The fourth-order valence-corrected chi connectivity index (χ4v) is 3.14. The maximum Gasteiger partial charge on any atom is 0.0236 e. The van der Waals surface area contributed by atoms with Crippen molar-refractivity contribution in [3.8, 4) is 0 Å². The van der Waals surface area contributed by atoms with E-state index < -0.39 is 0 Å². The molecule has 0 aliphatic carbocycles. The highest BCUT2D eigenvalue weighted by molar-refractivity contribution is 5.28. The minimum atomic E-state index is 0.587. The number of rotatable bonds is 6. The van der Waals surface area contributed by atoms with Crippen LogP contribution in [0.2, 0.25) is 0 Å². The molecule has 0 N–H and O–H groups in total. The maximum atomic E-state index is 2.62. The Morgan fingerprint density at radius 2 is 1.84 bits per heavy atom. The number of hydrogen-bond donors (Lipinski definition) is 0. The summed E-state index contributed by atoms with van der Waals surface area (Å²) in [7, 11) is 0. The molecule has 2 rings (SSSR count). The second kappa shape index (κ2) is 7.37. The molecule has 0 radical (unpaired) electrons. The lowest BCUT2D eigenvalue weighted by molar-refractivity contribution is 0.382. The first kappa shape index (κ1) is 14.2. The Balaban J connectivity index is 2.26. The largest absolute Gasteiger partial charge is 0.375 e. The third-order valence-corrected chi connectivity index (χ3v) is 4.02. The molecular formula is C18H27N. The van der Waals surface area contributed by atoms with Crippen LogP contribution in [0.25, 0.3) is 0 Å². The molecule has 19 heavy (non-hydrogen) atoms. The number of benzene rings is 1. The molecule has 1 heteroatoms. The molecule has 1 aromatic rings. The molecule has 1 unspecified atom stereocenters. The van der Waals surface area contributed by atoms with Crippen molar-refractivity contribution in [2.75, 3.05) is 13.1 Å². The van der Waals surface area contributed by atoms with E-state index in [1.807, 2.05) is 0 Å². The van der Waals surface area contributed by atoms with Crippen LogP contribution < -0.4 is 0 Å². The summed E-state index contributed by atoms with van der Waals surface area (Å²) in [5, 5.41) is 0. The zero-order chi connectivity index (χ0) is 13.5. The van der Waals surface area contributed by atoms with Crippen molar-refractivity contribution in [1.29, 1.82) is 0 Å². The molecule has 0 amide bonds. The highest BCUT2D eigenvalue weighted by Crippen LogP contribution is 2.33. The molecule has 1 fully saturated rings. The number of nitrogens with zero attached hydrogens (tertiary/aromatic N) is 1. The van der Waals surface area contributed by atoms with Gasteiger partial charge < -0.3 is 4.90 Å². The lowest BCUT2D eigenvalue weighted by Gasteiger charge is -2.29. The fraction of sp³-hybridized carbons (Fsp3) is 0.556. The van der Waals surface area contributed by atoms with Gasteiger partial charge in [0, 0.05) is 24.7 Å². The molecular weight excluding hydrogens is 230 g/mol. The van der Waals surface area contributed by atoms with Crippen LogP contribution in [-0.4, -0.2) is 18.0 Å². The lowest BCUT2D eigenvalue weighted by atomic mass is 9.90. The number of allylic oxidation sites excluding steroid dienone is 2. The second-order valence-corrected chi connectivity index (χ2v) is 5.48. The molecule has 0 saturated carbocycles. The van der Waals surface area contributed by atoms with Crippen LogP contribution in [0, 0.1) is 0 Å². The Morgan fingerprint density at radius 3 is 2.42 bits per heavy atom. The first-order valence-corrected chi connectivity index (χ1v) is 7.86. The predicted octanol–water partition coefficient (Wildman–Crippen LogP) is 4.96. The van der Waals surface area contributed by atoms with Gasteiger partial charge in [-0.3, -0.25) is 0 Å². The monoisotopic (exact) mass is 257 g/mol. The van der Waals surface area contributed by atoms with Gasteiger partial charge in [0.05, 0.1) is 0 Å². The van der Waals surface area contributed by atoms with Crippen LogP contribution in [0.1, 0.15) is 57.4 Å². The number of hydrogen-bond acceptors (Lipinski definition) is 1. The quantitative estimate of drug-likeness (QED) is 0.696. The van der Waals surface area contributed by atoms with Gasteiger partial charge in [0.1, 0.15) is 0 Å². The zero-order valence-corrected chi connectivity index (χ0v) is 12.4. The van der Waals surface area contributed by atoms with Gasteiger partial charge in [-0.2, -0.15) is 0 Å². The molecule has 1 nitrogen and oxygen atoms in total. The van der Waals surface area contributed by atoms with E-state index in [-0.39, 0.29) is 0 Å². The van der Waals surface area contributed by atoms with Gasteiger partial charge in [-0.25, -0.2) is 0 Å². The SMILES string of the molecule is CC/C=C(\C(CCC)c1ccccc1)N1CCCC1. The van der Waals surface area contributed by atoms with Crippen LogP contribution in [-0.2, 0) is 0 Å². The lowest BCUT2D eigenvalue weighted by Crippen LogP contribution is -2.23. The van der Waals surface area contributed by atoms with Gasteiger partial charge >= 0.3 is 0 Å². The van der Waals surface area contributed by atoms with Crippen LogP contribution in [0.15, 0.2) is 42.1 Å². The molecule has 1 aromatic carbocycles. The molecule has 1 aliphatic rings. The highest BCUT2D eigenvalue weighted by atomic mass is 15.2. The average molecular weight is 257 g/mol. The third-order valence-electron chi connectivity index (χ3n) is 4.02. The normalized spacial score (nSPS) is 17.8. The van der Waals surface area contributed by atoms with Crippen molar-refractivity contribution in [2.45, 2.75) is 51.9 Å². The van der Waals surface area contributed by atoms with Crippen LogP contribution in [0.4, 0.5) is 0 Å². The van der Waals surface area contributed by atoms with Gasteiger partial charge in [-0.15, -0.1) is 0 Å². The zero-order valence-electron chi connectivity index (χ0n) is 12.4. The van der Waals surface area contributed by atoms with Gasteiger partial charge in [0.25, 0.3) is 0 Å². The summed E-state index contributed by atoms with van der Waals surface area (Å²) < 4.78 is 0. The van der Waals surface area contributed by atoms with Crippen molar-refractivity contribution >= 4 is 0 Å². The average Bonchev–Trinajstić information content (AvgIpc) is 2.97. The van der Waals surface area contributed by atoms with Gasteiger partial charge in [0.15, 0.2) is 0 Å². The molecule has 1 atom stereocenters. The molecule has 1 aliphatic heterocycles. The topological polar surface area (TPSA) is 3.24 Å². The Hall–Kier alpha value is -1.24. The Morgan fingerprint density at radius 1 is 1.16 bits per heavy atom. The summed E-state index contributed by atoms with van der Waals surface area (Å²) in [6.45, 7) is 7.05. The van der Waals surface area contributed by atoms with E-state index in [0.717, 1.165) is 6.42 Å². The van der Waals surface area contributed by atoms with Crippen molar-refractivity contribution in [2.24, 2.45) is 0 Å². The van der Waals surface area contributed by atoms with E-state index >= 15 is 0 Å². The van der Waals surface area contributed by atoms with Gasteiger partial charge in [-0.05, 0) is 31.2 Å². The third kappa shape index (κ3) is 3.62. The maximum absolute atomic E-state index is 2.62. The van der Waals surface area contributed by atoms with E-state index in [9.17, 15) is 0 Å². The summed E-state index contributed by atoms with van der Waals surface area (Å²) in [5.74, 6) is 0.587. The van der Waals surface area contributed by atoms with E-state index in [4.69, 9.17) is 0 Å². The Bertz CT molecular complexity index is 387. The Kier molecular flexibility index (Phi) is 5.50. The Labute approximate surface area is 118 Å². The van der Waals surface area contributed by atoms with E-state index in [1.165, 1.54) is 44.3 Å².